The van der Waals surface area contributed by atoms with Crippen LogP contribution in [-0.4, -0.2) is 85.9 Å². The summed E-state index contributed by atoms with van der Waals surface area (Å²) in [7, 11) is 2.05. The number of hydrogen-bond donors (Lipinski definition) is 1. The minimum atomic E-state index is 0.241. The highest BCUT2D eigenvalue weighted by molar-refractivity contribution is 5.78. The van der Waals surface area contributed by atoms with Crippen molar-refractivity contribution in [3.05, 3.63) is 53.8 Å². The van der Waals surface area contributed by atoms with Gasteiger partial charge in [-0.2, -0.15) is 0 Å². The van der Waals surface area contributed by atoms with Crippen LogP contribution < -0.4 is 10.5 Å². The Morgan fingerprint density at radius 3 is 2.78 bits per heavy atom. The molecule has 0 unspecified atom stereocenters. The van der Waals surface area contributed by atoms with E-state index in [0.717, 1.165) is 89.8 Å². The lowest BCUT2D eigenvalue weighted by Gasteiger charge is -2.29. The van der Waals surface area contributed by atoms with Crippen molar-refractivity contribution in [2.45, 2.75) is 63.8 Å². The molecule has 0 aromatic heterocycles. The molecule has 3 rings (SSSR count). The Kier molecular flexibility index (Phi) is 12.2. The third kappa shape index (κ3) is 9.00. The van der Waals surface area contributed by atoms with Gasteiger partial charge in [-0.1, -0.05) is 31.6 Å². The van der Waals surface area contributed by atoms with Crippen LogP contribution in [-0.2, 0) is 16.0 Å². The van der Waals surface area contributed by atoms with Gasteiger partial charge in [0, 0.05) is 45.7 Å². The number of nitrogens with two attached hydrogens (primary N) is 1. The molecular weight excluding hydrogens is 464 g/mol. The first-order valence-corrected chi connectivity index (χ1v) is 14.0. The average molecular weight is 511 g/mol. The number of carbonyl (C=O) groups excluding carboxylic acids is 2. The molecule has 204 valence electrons. The Labute approximate surface area is 223 Å². The minimum absolute atomic E-state index is 0.241. The SMILES string of the molecule is CCCCN(CCCCN)C(=O)CN1C[C@H](c2ccc3c(c2)CCO3)C[C@@H]1CCN(C)/C=C\C=C/C=O. The molecule has 0 bridgehead atoms. The second kappa shape index (κ2) is 15.6. The molecule has 0 spiro atoms. The van der Waals surface area contributed by atoms with Crippen molar-refractivity contribution in [3.8, 4) is 5.75 Å². The standard InChI is InChI=1S/C30H46N4O3/c1-3-4-16-33(17-8-6-14-31)30(36)24-34-23-27(25-10-11-29-26(21-25)13-20-37-29)22-28(34)12-18-32(2)15-7-5-9-19-35/h5,7,9-11,15,19,21,27-28H,3-4,6,8,12-14,16-18,20,22-24,31H2,1-2H3/b9-5-,15-7-/t27-,28+/m1/s1. The number of carbonyl (C=O) groups is 2. The Balaban J connectivity index is 1.68. The Bertz CT molecular complexity index is 916. The van der Waals surface area contributed by atoms with Crippen LogP contribution in [0.2, 0.25) is 0 Å². The topological polar surface area (TPSA) is 79.1 Å². The zero-order chi connectivity index (χ0) is 26.5. The molecule has 2 aliphatic heterocycles. The second-order valence-corrected chi connectivity index (χ2v) is 10.3. The zero-order valence-corrected chi connectivity index (χ0v) is 22.8. The van der Waals surface area contributed by atoms with Gasteiger partial charge in [-0.05, 0) is 80.1 Å². The average Bonchev–Trinajstić information content (AvgIpc) is 3.53. The molecule has 7 nitrogen and oxygen atoms in total. The van der Waals surface area contributed by atoms with E-state index in [9.17, 15) is 9.59 Å². The monoisotopic (exact) mass is 510 g/mol. The van der Waals surface area contributed by atoms with E-state index >= 15 is 0 Å². The summed E-state index contributed by atoms with van der Waals surface area (Å²) in [4.78, 5) is 30.6. The van der Waals surface area contributed by atoms with Crippen LogP contribution in [0.4, 0.5) is 0 Å². The van der Waals surface area contributed by atoms with E-state index in [-0.39, 0.29) is 5.91 Å². The number of rotatable bonds is 16. The zero-order valence-electron chi connectivity index (χ0n) is 22.8. The van der Waals surface area contributed by atoms with Gasteiger partial charge in [0.05, 0.1) is 13.2 Å². The highest BCUT2D eigenvalue weighted by Crippen LogP contribution is 2.36. The summed E-state index contributed by atoms with van der Waals surface area (Å²) in [6.45, 7) is 7.51. The summed E-state index contributed by atoms with van der Waals surface area (Å²) in [5, 5.41) is 0. The second-order valence-electron chi connectivity index (χ2n) is 10.3. The maximum absolute atomic E-state index is 13.5. The molecule has 2 aliphatic rings. The first kappa shape index (κ1) is 28.9. The van der Waals surface area contributed by atoms with Crippen molar-refractivity contribution in [2.24, 2.45) is 5.73 Å². The third-order valence-electron chi connectivity index (χ3n) is 7.52. The van der Waals surface area contributed by atoms with Gasteiger partial charge in [0.1, 0.15) is 12.0 Å². The summed E-state index contributed by atoms with van der Waals surface area (Å²) in [6, 6.07) is 7.00. The molecule has 1 fully saturated rings. The summed E-state index contributed by atoms with van der Waals surface area (Å²) < 4.78 is 5.72. The molecule has 1 aromatic carbocycles. The molecular formula is C30H46N4O3. The van der Waals surface area contributed by atoms with Crippen LogP contribution in [0.3, 0.4) is 0 Å². The molecule has 2 heterocycles. The van der Waals surface area contributed by atoms with Crippen LogP contribution in [0.5, 0.6) is 5.75 Å². The molecule has 2 N–H and O–H groups in total. The predicted octanol–water partition coefficient (Wildman–Crippen LogP) is 3.74. The van der Waals surface area contributed by atoms with Crippen molar-refractivity contribution in [1.82, 2.24) is 14.7 Å². The first-order chi connectivity index (χ1) is 18.0. The molecule has 37 heavy (non-hydrogen) atoms. The number of amides is 1. The van der Waals surface area contributed by atoms with Gasteiger partial charge in [0.15, 0.2) is 0 Å². The first-order valence-electron chi connectivity index (χ1n) is 14.0. The highest BCUT2D eigenvalue weighted by Gasteiger charge is 2.35. The summed E-state index contributed by atoms with van der Waals surface area (Å²) >= 11 is 0. The van der Waals surface area contributed by atoms with E-state index in [1.165, 1.54) is 17.2 Å². The lowest BCUT2D eigenvalue weighted by Crippen LogP contribution is -2.43. The van der Waals surface area contributed by atoms with E-state index in [1.54, 1.807) is 6.08 Å². The van der Waals surface area contributed by atoms with E-state index in [4.69, 9.17) is 10.5 Å². The number of aldehydes is 1. The quantitative estimate of drug-likeness (QED) is 0.158. The largest absolute Gasteiger partial charge is 0.493 e. The molecule has 1 saturated heterocycles. The van der Waals surface area contributed by atoms with Gasteiger partial charge in [-0.15, -0.1) is 0 Å². The van der Waals surface area contributed by atoms with Crippen molar-refractivity contribution < 1.29 is 14.3 Å². The van der Waals surface area contributed by atoms with Gasteiger partial charge >= 0.3 is 0 Å². The fourth-order valence-electron chi connectivity index (χ4n) is 5.34. The predicted molar refractivity (Wildman–Crippen MR) is 150 cm³/mol. The number of benzene rings is 1. The molecule has 0 aliphatic carbocycles. The van der Waals surface area contributed by atoms with E-state index in [1.807, 2.05) is 12.3 Å². The van der Waals surface area contributed by atoms with Gasteiger partial charge in [-0.25, -0.2) is 0 Å². The molecule has 0 saturated carbocycles. The summed E-state index contributed by atoms with van der Waals surface area (Å²) in [5.74, 6) is 1.68. The smallest absolute Gasteiger partial charge is 0.236 e. The maximum Gasteiger partial charge on any atom is 0.236 e. The summed E-state index contributed by atoms with van der Waals surface area (Å²) in [6.07, 6.45) is 14.9. The van der Waals surface area contributed by atoms with E-state index in [0.29, 0.717) is 25.0 Å². The van der Waals surface area contributed by atoms with Crippen LogP contribution in [0.1, 0.15) is 62.5 Å². The third-order valence-corrected chi connectivity index (χ3v) is 7.52. The maximum atomic E-state index is 13.5. The van der Waals surface area contributed by atoms with Gasteiger partial charge in [0.25, 0.3) is 0 Å². The lowest BCUT2D eigenvalue weighted by molar-refractivity contribution is -0.132. The van der Waals surface area contributed by atoms with Crippen LogP contribution in [0, 0.1) is 0 Å². The Morgan fingerprint density at radius 2 is 2.00 bits per heavy atom. The number of hydrogen-bond acceptors (Lipinski definition) is 6. The van der Waals surface area contributed by atoms with Crippen molar-refractivity contribution in [2.75, 3.05) is 52.9 Å². The van der Waals surface area contributed by atoms with E-state index < -0.39 is 0 Å². The van der Waals surface area contributed by atoms with E-state index in [2.05, 4.69) is 46.9 Å². The highest BCUT2D eigenvalue weighted by atomic mass is 16.5. The fraction of sp³-hybridized carbons (Fsp3) is 0.600. The Morgan fingerprint density at radius 1 is 1.16 bits per heavy atom. The number of allylic oxidation sites excluding steroid dienone is 3. The van der Waals surface area contributed by atoms with Crippen LogP contribution >= 0.6 is 0 Å². The fourth-order valence-corrected chi connectivity index (χ4v) is 5.34. The van der Waals surface area contributed by atoms with Crippen molar-refractivity contribution in [1.29, 1.82) is 0 Å². The number of likely N-dealkylation sites (tertiary alicyclic amines) is 1. The molecule has 1 amide bonds. The molecule has 7 heteroatoms. The van der Waals surface area contributed by atoms with Crippen LogP contribution in [0.25, 0.3) is 0 Å². The molecule has 2 atom stereocenters. The molecule has 0 radical (unpaired) electrons. The number of unbranched alkanes of at least 4 members (excludes halogenated alkanes) is 2. The van der Waals surface area contributed by atoms with Crippen molar-refractivity contribution >= 4 is 12.2 Å². The lowest BCUT2D eigenvalue weighted by atomic mass is 9.93. The minimum Gasteiger partial charge on any atom is -0.493 e. The Hall–Kier alpha value is -2.64. The number of fused-ring (bicyclic) bond motifs is 1. The number of ether oxygens (including phenoxy) is 1. The molecule has 1 aromatic rings. The normalized spacial score (nSPS) is 19.4. The van der Waals surface area contributed by atoms with Gasteiger partial charge in [-0.3, -0.25) is 14.5 Å². The van der Waals surface area contributed by atoms with Crippen molar-refractivity contribution in [3.63, 3.8) is 0 Å². The van der Waals surface area contributed by atoms with Crippen LogP contribution in [0.15, 0.2) is 42.6 Å². The summed E-state index contributed by atoms with van der Waals surface area (Å²) in [5.41, 5.74) is 8.37. The van der Waals surface area contributed by atoms with Gasteiger partial charge in [0.2, 0.25) is 5.91 Å². The van der Waals surface area contributed by atoms with Gasteiger partial charge < -0.3 is 20.3 Å². The number of nitrogens with zero attached hydrogens (tertiary/aromatic N) is 3.